The molecule has 21 heavy (non-hydrogen) atoms. The van der Waals surface area contributed by atoms with Crippen molar-refractivity contribution in [1.82, 2.24) is 9.55 Å². The van der Waals surface area contributed by atoms with Crippen molar-refractivity contribution in [3.05, 3.63) is 46.2 Å². The van der Waals surface area contributed by atoms with Crippen molar-refractivity contribution in [1.29, 1.82) is 0 Å². The predicted octanol–water partition coefficient (Wildman–Crippen LogP) is 2.33. The molecule has 0 aliphatic heterocycles. The summed E-state index contributed by atoms with van der Waals surface area (Å²) in [6.07, 6.45) is 2.41. The Morgan fingerprint density at radius 2 is 2.24 bits per heavy atom. The highest BCUT2D eigenvalue weighted by atomic mass is 32.1. The molecule has 1 aromatic carbocycles. The standard InChI is InChI=1S/C15H12N2O3S/c1-20-10-2-3-11-12(15-16-4-7-21-15)9-14(19)17(5-6-18)13(11)8-10/h2-4,6-9H,5H2,1H3. The molecule has 0 aliphatic carbocycles. The maximum absolute atomic E-state index is 12.3. The summed E-state index contributed by atoms with van der Waals surface area (Å²) in [6, 6.07) is 7.00. The fourth-order valence-electron chi connectivity index (χ4n) is 2.28. The Bertz CT molecular complexity index is 853. The molecule has 0 aliphatic rings. The van der Waals surface area contributed by atoms with Crippen LogP contribution in [0, 0.1) is 0 Å². The average Bonchev–Trinajstić information content (AvgIpc) is 3.03. The first-order valence-corrected chi connectivity index (χ1v) is 7.17. The van der Waals surface area contributed by atoms with E-state index in [0.717, 1.165) is 16.0 Å². The van der Waals surface area contributed by atoms with Gasteiger partial charge in [0.1, 0.15) is 17.0 Å². The Balaban J connectivity index is 2.39. The first-order valence-electron chi connectivity index (χ1n) is 6.29. The van der Waals surface area contributed by atoms with Crippen LogP contribution in [0.15, 0.2) is 40.6 Å². The fourth-order valence-corrected chi connectivity index (χ4v) is 2.95. The van der Waals surface area contributed by atoms with E-state index in [1.54, 1.807) is 19.4 Å². The van der Waals surface area contributed by atoms with Gasteiger partial charge in [-0.05, 0) is 12.1 Å². The summed E-state index contributed by atoms with van der Waals surface area (Å²) in [5.74, 6) is 0.637. The van der Waals surface area contributed by atoms with Crippen LogP contribution in [0.4, 0.5) is 0 Å². The number of ether oxygens (including phenoxy) is 1. The van der Waals surface area contributed by atoms with E-state index in [0.29, 0.717) is 17.6 Å². The number of hydrogen-bond acceptors (Lipinski definition) is 5. The molecular formula is C15H12N2O3S. The minimum atomic E-state index is -0.229. The molecule has 0 radical (unpaired) electrons. The van der Waals surface area contributed by atoms with Crippen molar-refractivity contribution in [3.63, 3.8) is 0 Å². The van der Waals surface area contributed by atoms with Gasteiger partial charge in [-0.1, -0.05) is 0 Å². The van der Waals surface area contributed by atoms with Gasteiger partial charge >= 0.3 is 0 Å². The number of fused-ring (bicyclic) bond motifs is 1. The Morgan fingerprint density at radius 3 is 2.90 bits per heavy atom. The van der Waals surface area contributed by atoms with E-state index >= 15 is 0 Å². The van der Waals surface area contributed by atoms with Crippen molar-refractivity contribution >= 4 is 28.5 Å². The number of hydrogen-bond donors (Lipinski definition) is 0. The van der Waals surface area contributed by atoms with Gasteiger partial charge in [0.2, 0.25) is 0 Å². The molecule has 5 nitrogen and oxygen atoms in total. The quantitative estimate of drug-likeness (QED) is 0.694. The lowest BCUT2D eigenvalue weighted by molar-refractivity contribution is -0.108. The molecule has 0 atom stereocenters. The molecule has 0 spiro atoms. The van der Waals surface area contributed by atoms with Crippen LogP contribution in [0.3, 0.4) is 0 Å². The van der Waals surface area contributed by atoms with Gasteiger partial charge in [-0.2, -0.15) is 0 Å². The molecule has 0 N–H and O–H groups in total. The van der Waals surface area contributed by atoms with E-state index in [4.69, 9.17) is 4.74 Å². The Kier molecular flexibility index (Phi) is 3.53. The van der Waals surface area contributed by atoms with Crippen LogP contribution >= 0.6 is 11.3 Å². The lowest BCUT2D eigenvalue weighted by Gasteiger charge is -2.11. The number of benzene rings is 1. The Labute approximate surface area is 124 Å². The number of carbonyl (C=O) groups excluding carboxylic acids is 1. The van der Waals surface area contributed by atoms with Gasteiger partial charge in [-0.3, -0.25) is 4.79 Å². The maximum atomic E-state index is 12.3. The van der Waals surface area contributed by atoms with Crippen LogP contribution in [0.1, 0.15) is 0 Å². The maximum Gasteiger partial charge on any atom is 0.252 e. The number of methoxy groups -OCH3 is 1. The molecule has 106 valence electrons. The van der Waals surface area contributed by atoms with E-state index in [-0.39, 0.29) is 12.1 Å². The van der Waals surface area contributed by atoms with Crippen LogP contribution in [0.25, 0.3) is 21.5 Å². The lowest BCUT2D eigenvalue weighted by Crippen LogP contribution is -2.20. The molecular weight excluding hydrogens is 288 g/mol. The molecule has 0 saturated heterocycles. The zero-order chi connectivity index (χ0) is 14.8. The van der Waals surface area contributed by atoms with Crippen molar-refractivity contribution in [2.24, 2.45) is 0 Å². The molecule has 0 unspecified atom stereocenters. The second kappa shape index (κ2) is 5.49. The summed E-state index contributed by atoms with van der Waals surface area (Å²) in [4.78, 5) is 27.4. The van der Waals surface area contributed by atoms with Gasteiger partial charge in [-0.15, -0.1) is 11.3 Å². The molecule has 0 amide bonds. The highest BCUT2D eigenvalue weighted by Crippen LogP contribution is 2.30. The van der Waals surface area contributed by atoms with E-state index in [2.05, 4.69) is 4.98 Å². The monoisotopic (exact) mass is 300 g/mol. The van der Waals surface area contributed by atoms with Gasteiger partial charge in [0.15, 0.2) is 0 Å². The number of carbonyl (C=O) groups is 1. The highest BCUT2D eigenvalue weighted by molar-refractivity contribution is 7.13. The van der Waals surface area contributed by atoms with Gasteiger partial charge in [-0.25, -0.2) is 4.98 Å². The van der Waals surface area contributed by atoms with Crippen LogP contribution in [0.5, 0.6) is 5.75 Å². The van der Waals surface area contributed by atoms with Crippen LogP contribution in [-0.2, 0) is 11.3 Å². The Morgan fingerprint density at radius 1 is 1.38 bits per heavy atom. The number of nitrogens with zero attached hydrogens (tertiary/aromatic N) is 2. The second-order valence-electron chi connectivity index (χ2n) is 4.39. The molecule has 0 bridgehead atoms. The van der Waals surface area contributed by atoms with Gasteiger partial charge < -0.3 is 14.1 Å². The topological polar surface area (TPSA) is 61.2 Å². The number of rotatable bonds is 4. The molecule has 2 heterocycles. The zero-order valence-electron chi connectivity index (χ0n) is 11.3. The van der Waals surface area contributed by atoms with E-state index in [1.807, 2.05) is 17.5 Å². The van der Waals surface area contributed by atoms with Crippen molar-refractivity contribution in [2.45, 2.75) is 6.54 Å². The number of aldehydes is 1. The number of aromatic nitrogens is 2. The summed E-state index contributed by atoms with van der Waals surface area (Å²) in [5.41, 5.74) is 1.21. The van der Waals surface area contributed by atoms with Gasteiger partial charge in [0.25, 0.3) is 5.56 Å². The van der Waals surface area contributed by atoms with E-state index < -0.39 is 0 Å². The molecule has 0 saturated carbocycles. The number of pyridine rings is 1. The van der Waals surface area contributed by atoms with Crippen LogP contribution < -0.4 is 10.3 Å². The smallest absolute Gasteiger partial charge is 0.252 e. The first kappa shape index (κ1) is 13.5. The highest BCUT2D eigenvalue weighted by Gasteiger charge is 2.12. The normalized spacial score (nSPS) is 10.7. The third kappa shape index (κ3) is 2.34. The summed E-state index contributed by atoms with van der Waals surface area (Å²) >= 11 is 1.47. The molecule has 3 aromatic rings. The van der Waals surface area contributed by atoms with E-state index in [9.17, 15) is 9.59 Å². The minimum Gasteiger partial charge on any atom is -0.497 e. The Hall–Kier alpha value is -2.47. The first-order chi connectivity index (χ1) is 10.2. The summed E-state index contributed by atoms with van der Waals surface area (Å²) in [5, 5.41) is 3.51. The molecule has 0 fully saturated rings. The zero-order valence-corrected chi connectivity index (χ0v) is 12.1. The van der Waals surface area contributed by atoms with Crippen molar-refractivity contribution < 1.29 is 9.53 Å². The molecule has 3 rings (SSSR count). The van der Waals surface area contributed by atoms with Gasteiger partial charge in [0, 0.05) is 34.7 Å². The van der Waals surface area contributed by atoms with E-state index in [1.165, 1.54) is 22.0 Å². The molecule has 2 aromatic heterocycles. The van der Waals surface area contributed by atoms with Gasteiger partial charge in [0.05, 0.1) is 19.2 Å². The number of thiazole rings is 1. The largest absolute Gasteiger partial charge is 0.497 e. The van der Waals surface area contributed by atoms with Crippen LogP contribution in [-0.4, -0.2) is 22.9 Å². The lowest BCUT2D eigenvalue weighted by atomic mass is 10.1. The molecule has 6 heteroatoms. The SMILES string of the molecule is COc1ccc2c(-c3nccs3)cc(=O)n(CC=O)c2c1. The fraction of sp³-hybridized carbons (Fsp3) is 0.133. The van der Waals surface area contributed by atoms with Crippen molar-refractivity contribution in [2.75, 3.05) is 7.11 Å². The third-order valence-electron chi connectivity index (χ3n) is 3.24. The minimum absolute atomic E-state index is 0.0145. The third-order valence-corrected chi connectivity index (χ3v) is 4.05. The second-order valence-corrected chi connectivity index (χ2v) is 5.29. The van der Waals surface area contributed by atoms with Crippen LogP contribution in [0.2, 0.25) is 0 Å². The predicted molar refractivity (Wildman–Crippen MR) is 81.9 cm³/mol. The summed E-state index contributed by atoms with van der Waals surface area (Å²) in [6.45, 7) is 0.0145. The van der Waals surface area contributed by atoms with Crippen molar-refractivity contribution in [3.8, 4) is 16.3 Å². The summed E-state index contributed by atoms with van der Waals surface area (Å²) < 4.78 is 6.64. The summed E-state index contributed by atoms with van der Waals surface area (Å²) in [7, 11) is 1.56. The average molecular weight is 300 g/mol.